The Labute approximate surface area is 199 Å². The molecule has 0 saturated carbocycles. The number of para-hydroxylation sites is 2. The average molecular weight is 461 g/mol. The van der Waals surface area contributed by atoms with Crippen molar-refractivity contribution in [2.75, 3.05) is 22.6 Å². The van der Waals surface area contributed by atoms with Crippen LogP contribution in [0.4, 0.5) is 11.4 Å². The summed E-state index contributed by atoms with van der Waals surface area (Å²) in [6, 6.07) is 25.2. The number of nitrogens with one attached hydrogen (secondary N) is 1. The van der Waals surface area contributed by atoms with E-state index in [0.29, 0.717) is 24.5 Å². The predicted octanol–water partition coefficient (Wildman–Crippen LogP) is 6.00. The third kappa shape index (κ3) is 5.06. The minimum atomic E-state index is -0.216. The second-order valence-electron chi connectivity index (χ2n) is 7.81. The molecular formula is C27H28N2O3S. The Hall–Kier alpha value is -3.25. The maximum atomic E-state index is 13.0. The van der Waals surface area contributed by atoms with Crippen molar-refractivity contribution >= 4 is 35.0 Å². The average Bonchev–Trinajstić information content (AvgIpc) is 3.22. The van der Waals surface area contributed by atoms with E-state index in [4.69, 9.17) is 4.74 Å². The number of amides is 2. The minimum absolute atomic E-state index is 0.0328. The van der Waals surface area contributed by atoms with Crippen molar-refractivity contribution < 1.29 is 14.3 Å². The van der Waals surface area contributed by atoms with E-state index in [2.05, 4.69) is 5.32 Å². The first-order chi connectivity index (χ1) is 16.1. The highest BCUT2D eigenvalue weighted by molar-refractivity contribution is 8.00. The van der Waals surface area contributed by atoms with E-state index in [1.807, 2.05) is 92.7 Å². The third-order valence-electron chi connectivity index (χ3n) is 5.66. The molecule has 2 atom stereocenters. The Morgan fingerprint density at radius 2 is 1.82 bits per heavy atom. The van der Waals surface area contributed by atoms with Crippen molar-refractivity contribution in [1.29, 1.82) is 0 Å². The molecule has 170 valence electrons. The van der Waals surface area contributed by atoms with E-state index < -0.39 is 0 Å². The Morgan fingerprint density at radius 3 is 2.58 bits per heavy atom. The summed E-state index contributed by atoms with van der Waals surface area (Å²) < 4.78 is 5.78. The minimum Gasteiger partial charge on any atom is -0.492 e. The van der Waals surface area contributed by atoms with E-state index in [0.717, 1.165) is 22.5 Å². The number of thioether (sulfide) groups is 1. The predicted molar refractivity (Wildman–Crippen MR) is 135 cm³/mol. The van der Waals surface area contributed by atoms with E-state index in [1.165, 1.54) is 0 Å². The summed E-state index contributed by atoms with van der Waals surface area (Å²) in [5.41, 5.74) is 3.46. The Balaban J connectivity index is 1.58. The number of rotatable bonds is 8. The van der Waals surface area contributed by atoms with Gasteiger partial charge in [-0.15, -0.1) is 11.8 Å². The van der Waals surface area contributed by atoms with Crippen LogP contribution in [-0.2, 0) is 9.59 Å². The first kappa shape index (κ1) is 22.9. The van der Waals surface area contributed by atoms with E-state index in [9.17, 15) is 9.59 Å². The fraction of sp³-hybridized carbons (Fsp3) is 0.259. The lowest BCUT2D eigenvalue weighted by atomic mass is 9.95. The zero-order valence-corrected chi connectivity index (χ0v) is 19.7. The molecule has 1 N–H and O–H groups in total. The molecule has 0 bridgehead atoms. The molecule has 2 amide bonds. The molecule has 5 nitrogen and oxygen atoms in total. The molecule has 3 aromatic carbocycles. The number of nitrogens with zero attached hydrogens (tertiary/aromatic N) is 1. The van der Waals surface area contributed by atoms with Crippen LogP contribution >= 0.6 is 11.8 Å². The molecule has 0 unspecified atom stereocenters. The van der Waals surface area contributed by atoms with Gasteiger partial charge in [-0.2, -0.15) is 0 Å². The highest BCUT2D eigenvalue weighted by Crippen LogP contribution is 2.45. The topological polar surface area (TPSA) is 58.6 Å². The van der Waals surface area contributed by atoms with Crippen LogP contribution in [0.5, 0.6) is 5.75 Å². The molecular weight excluding hydrogens is 432 g/mol. The second kappa shape index (κ2) is 10.6. The SMILES string of the molecule is CCOc1ccccc1N1C(=O)CS[C@H]1c1cccc(NC(=O)[C@@H](CC)c2ccccc2)c1. The summed E-state index contributed by atoms with van der Waals surface area (Å²) in [5, 5.41) is 2.89. The van der Waals surface area contributed by atoms with E-state index in [-0.39, 0.29) is 23.1 Å². The molecule has 0 radical (unpaired) electrons. The van der Waals surface area contributed by atoms with Crippen LogP contribution in [0.2, 0.25) is 0 Å². The Bertz CT molecular complexity index is 1120. The third-order valence-corrected chi connectivity index (χ3v) is 6.87. The molecule has 6 heteroatoms. The molecule has 1 saturated heterocycles. The summed E-state index contributed by atoms with van der Waals surface area (Å²) in [5.74, 6) is 0.884. The number of hydrogen-bond donors (Lipinski definition) is 1. The molecule has 0 spiro atoms. The smallest absolute Gasteiger partial charge is 0.238 e. The monoisotopic (exact) mass is 460 g/mol. The van der Waals surface area contributed by atoms with Crippen LogP contribution in [-0.4, -0.2) is 24.2 Å². The quantitative estimate of drug-likeness (QED) is 0.448. The van der Waals surface area contributed by atoms with Gasteiger partial charge in [0.05, 0.1) is 24.0 Å². The van der Waals surface area contributed by atoms with Crippen molar-refractivity contribution in [2.24, 2.45) is 0 Å². The van der Waals surface area contributed by atoms with Gasteiger partial charge in [-0.25, -0.2) is 0 Å². The number of benzene rings is 3. The van der Waals surface area contributed by atoms with Gasteiger partial charge in [0.2, 0.25) is 11.8 Å². The number of anilines is 2. The van der Waals surface area contributed by atoms with Crippen molar-refractivity contribution in [1.82, 2.24) is 0 Å². The Morgan fingerprint density at radius 1 is 1.06 bits per heavy atom. The van der Waals surface area contributed by atoms with Crippen LogP contribution < -0.4 is 15.0 Å². The number of ether oxygens (including phenoxy) is 1. The Kier molecular flexibility index (Phi) is 7.35. The van der Waals surface area contributed by atoms with Crippen LogP contribution in [0.1, 0.15) is 42.7 Å². The van der Waals surface area contributed by atoms with E-state index >= 15 is 0 Å². The summed E-state index contributed by atoms with van der Waals surface area (Å²) in [6.45, 7) is 4.47. The summed E-state index contributed by atoms with van der Waals surface area (Å²) >= 11 is 1.58. The number of carbonyl (C=O) groups excluding carboxylic acids is 2. The van der Waals surface area contributed by atoms with E-state index in [1.54, 1.807) is 16.7 Å². The molecule has 0 aromatic heterocycles. The molecule has 0 aliphatic carbocycles. The molecule has 1 heterocycles. The van der Waals surface area contributed by atoms with Gasteiger partial charge in [0.25, 0.3) is 0 Å². The highest BCUT2D eigenvalue weighted by atomic mass is 32.2. The van der Waals surface area contributed by atoms with Crippen molar-refractivity contribution in [3.05, 3.63) is 90.0 Å². The van der Waals surface area contributed by atoms with Gasteiger partial charge in [-0.1, -0.05) is 61.5 Å². The van der Waals surface area contributed by atoms with Crippen molar-refractivity contribution in [2.45, 2.75) is 31.6 Å². The standard InChI is InChI=1S/C27H28N2O3S/c1-3-22(19-11-6-5-7-12-19)26(31)28-21-14-10-13-20(17-21)27-29(25(30)18-33-27)23-15-8-9-16-24(23)32-4-2/h5-17,22,27H,3-4,18H2,1-2H3,(H,28,31)/t22-,27-/m0/s1. The first-order valence-corrected chi connectivity index (χ1v) is 12.3. The molecule has 33 heavy (non-hydrogen) atoms. The van der Waals surface area contributed by atoms with Crippen LogP contribution in [0, 0.1) is 0 Å². The van der Waals surface area contributed by atoms with Gasteiger partial charge < -0.3 is 10.1 Å². The number of hydrogen-bond acceptors (Lipinski definition) is 4. The van der Waals surface area contributed by atoms with Gasteiger partial charge in [-0.3, -0.25) is 14.5 Å². The molecule has 1 aliphatic heterocycles. The summed E-state index contributed by atoms with van der Waals surface area (Å²) in [7, 11) is 0. The molecule has 1 aliphatic rings. The largest absolute Gasteiger partial charge is 0.492 e. The maximum absolute atomic E-state index is 13.0. The van der Waals surface area contributed by atoms with Crippen LogP contribution in [0.15, 0.2) is 78.9 Å². The molecule has 4 rings (SSSR count). The lowest BCUT2D eigenvalue weighted by molar-refractivity contribution is -0.118. The van der Waals surface area contributed by atoms with Gasteiger partial charge in [0, 0.05) is 5.69 Å². The first-order valence-electron chi connectivity index (χ1n) is 11.2. The fourth-order valence-corrected chi connectivity index (χ4v) is 5.28. The normalized spacial score (nSPS) is 16.5. The van der Waals surface area contributed by atoms with Gasteiger partial charge in [-0.05, 0) is 48.7 Å². The van der Waals surface area contributed by atoms with Crippen LogP contribution in [0.25, 0.3) is 0 Å². The fourth-order valence-electron chi connectivity index (χ4n) is 4.12. The summed E-state index contributed by atoms with van der Waals surface area (Å²) in [6.07, 6.45) is 0.713. The zero-order chi connectivity index (χ0) is 23.2. The van der Waals surface area contributed by atoms with Crippen molar-refractivity contribution in [3.63, 3.8) is 0 Å². The van der Waals surface area contributed by atoms with Gasteiger partial charge in [0.1, 0.15) is 11.1 Å². The number of carbonyl (C=O) groups is 2. The van der Waals surface area contributed by atoms with Gasteiger partial charge in [0.15, 0.2) is 0 Å². The molecule has 3 aromatic rings. The van der Waals surface area contributed by atoms with Gasteiger partial charge >= 0.3 is 0 Å². The van der Waals surface area contributed by atoms with Crippen molar-refractivity contribution in [3.8, 4) is 5.75 Å². The lowest BCUT2D eigenvalue weighted by Crippen LogP contribution is -2.28. The summed E-state index contributed by atoms with van der Waals surface area (Å²) in [4.78, 5) is 27.7. The zero-order valence-electron chi connectivity index (χ0n) is 18.9. The maximum Gasteiger partial charge on any atom is 0.238 e. The molecule has 1 fully saturated rings. The van der Waals surface area contributed by atoms with Crippen LogP contribution in [0.3, 0.4) is 0 Å². The second-order valence-corrected chi connectivity index (χ2v) is 8.88. The lowest BCUT2D eigenvalue weighted by Gasteiger charge is -2.26. The highest BCUT2D eigenvalue weighted by Gasteiger charge is 2.35.